The van der Waals surface area contributed by atoms with E-state index in [9.17, 15) is 28.0 Å². The predicted molar refractivity (Wildman–Crippen MR) is 155 cm³/mol. The zero-order valence-corrected chi connectivity index (χ0v) is 25.9. The molecule has 2 aromatic carbocycles. The number of esters is 1. The Morgan fingerprint density at radius 1 is 0.800 bits per heavy atom. The van der Waals surface area contributed by atoms with Crippen LogP contribution < -0.4 is 0 Å². The quantitative estimate of drug-likeness (QED) is 0.190. The Morgan fingerprint density at radius 2 is 1.42 bits per heavy atom. The summed E-state index contributed by atoms with van der Waals surface area (Å²) in [6.07, 6.45) is -12.3. The van der Waals surface area contributed by atoms with Gasteiger partial charge in [-0.25, -0.2) is 4.79 Å². The highest BCUT2D eigenvalue weighted by Gasteiger charge is 2.54. The zero-order chi connectivity index (χ0) is 32.6. The molecule has 3 N–H and O–H groups in total. The first-order chi connectivity index (χ1) is 21.6. The molecule has 0 aromatic heterocycles. The first-order valence-electron chi connectivity index (χ1n) is 14.2. The number of benzene rings is 2. The Bertz CT molecular complexity index is 1300. The van der Waals surface area contributed by atoms with Crippen molar-refractivity contribution in [2.75, 3.05) is 33.7 Å². The Kier molecular flexibility index (Phi) is 12.8. The van der Waals surface area contributed by atoms with Crippen molar-refractivity contribution in [3.8, 4) is 0 Å². The molecule has 250 valence electrons. The van der Waals surface area contributed by atoms with Crippen LogP contribution in [0.25, 0.3) is 0 Å². The first-order valence-corrected chi connectivity index (χ1v) is 15.9. The van der Waals surface area contributed by atoms with Gasteiger partial charge in [0.05, 0.1) is 44.7 Å². The number of carbonyl (C=O) groups is 1. The lowest BCUT2D eigenvalue weighted by Crippen LogP contribution is -2.65. The van der Waals surface area contributed by atoms with Crippen molar-refractivity contribution in [3.05, 3.63) is 71.8 Å². The highest BCUT2D eigenvalue weighted by atomic mass is 32.2. The van der Waals surface area contributed by atoms with Gasteiger partial charge in [0.15, 0.2) is 18.7 Å². The number of carbonyl (C=O) groups excluding carboxylic acids is 1. The second-order valence-electron chi connectivity index (χ2n) is 10.7. The lowest BCUT2D eigenvalue weighted by molar-refractivity contribution is -0.354. The summed E-state index contributed by atoms with van der Waals surface area (Å²) in [6, 6.07) is 18.4. The van der Waals surface area contributed by atoms with Gasteiger partial charge in [-0.15, -0.1) is 0 Å². The molecule has 2 aromatic rings. The van der Waals surface area contributed by atoms with Crippen molar-refractivity contribution >= 4 is 16.1 Å². The summed E-state index contributed by atoms with van der Waals surface area (Å²) < 4.78 is 80.4. The lowest BCUT2D eigenvalue weighted by atomic mass is 9.91. The van der Waals surface area contributed by atoms with Crippen LogP contribution >= 0.6 is 0 Å². The molecule has 14 nitrogen and oxygen atoms in total. The van der Waals surface area contributed by atoms with Gasteiger partial charge >= 0.3 is 5.97 Å². The van der Waals surface area contributed by atoms with E-state index in [1.165, 1.54) is 14.2 Å². The standard InChI is InChI=1S/C30H40O14S/c1-37-27-23(32)22(31)26(28(33)38-2)44-30(27)43-25-21(16-40-14-18-10-6-4-7-11-18)42-29(39-3)20(17-45(34,35)36)24(25)41-15-19-12-8-5-9-13-19/h4-13,20-27,29-32H,14-17H2,1-3H3,(H,34,35,36)/t20-,21-,22+,23+,24-,25-,26-,27-,29-,30-/m1/s1. The van der Waals surface area contributed by atoms with Crippen molar-refractivity contribution in [2.24, 2.45) is 5.92 Å². The summed E-state index contributed by atoms with van der Waals surface area (Å²) in [6.45, 7) is 0.108. The molecular formula is C30H40O14S. The lowest BCUT2D eigenvalue weighted by Gasteiger charge is -2.48. The summed E-state index contributed by atoms with van der Waals surface area (Å²) in [4.78, 5) is 12.4. The van der Waals surface area contributed by atoms with E-state index in [-0.39, 0.29) is 19.8 Å². The molecule has 2 heterocycles. The molecule has 45 heavy (non-hydrogen) atoms. The van der Waals surface area contributed by atoms with Crippen molar-refractivity contribution in [1.29, 1.82) is 0 Å². The molecule has 0 amide bonds. The number of ether oxygens (including phenoxy) is 8. The van der Waals surface area contributed by atoms with Gasteiger partial charge in [-0.1, -0.05) is 60.7 Å². The van der Waals surface area contributed by atoms with Crippen LogP contribution in [0.1, 0.15) is 11.1 Å². The number of methoxy groups -OCH3 is 3. The molecule has 0 unspecified atom stereocenters. The summed E-state index contributed by atoms with van der Waals surface area (Å²) in [5.74, 6) is -2.90. The third kappa shape index (κ3) is 9.27. The number of rotatable bonds is 14. The van der Waals surface area contributed by atoms with Crippen molar-refractivity contribution < 1.29 is 65.9 Å². The molecule has 0 aliphatic carbocycles. The molecule has 0 radical (unpaired) electrons. The van der Waals surface area contributed by atoms with Gasteiger partial charge in [-0.3, -0.25) is 4.55 Å². The molecule has 0 saturated carbocycles. The van der Waals surface area contributed by atoms with E-state index in [0.29, 0.717) is 0 Å². The Balaban J connectivity index is 1.70. The normalized spacial score (nSPS) is 32.2. The van der Waals surface area contributed by atoms with Crippen molar-refractivity contribution in [3.63, 3.8) is 0 Å². The van der Waals surface area contributed by atoms with E-state index in [1.807, 2.05) is 60.7 Å². The molecule has 2 saturated heterocycles. The van der Waals surface area contributed by atoms with Gasteiger partial charge in [0, 0.05) is 14.2 Å². The summed E-state index contributed by atoms with van der Waals surface area (Å²) in [7, 11) is -0.913. The van der Waals surface area contributed by atoms with Crippen LogP contribution in [-0.4, -0.2) is 118 Å². The van der Waals surface area contributed by atoms with E-state index in [4.69, 9.17) is 37.9 Å². The van der Waals surface area contributed by atoms with Crippen LogP contribution in [-0.2, 0) is 66.0 Å². The van der Waals surface area contributed by atoms with E-state index in [0.717, 1.165) is 18.2 Å². The van der Waals surface area contributed by atoms with Crippen LogP contribution in [0.2, 0.25) is 0 Å². The second kappa shape index (κ2) is 16.3. The Morgan fingerprint density at radius 3 is 1.98 bits per heavy atom. The van der Waals surface area contributed by atoms with Gasteiger partial charge in [0.1, 0.15) is 30.5 Å². The van der Waals surface area contributed by atoms with E-state index < -0.39 is 83.1 Å². The highest BCUT2D eigenvalue weighted by Crippen LogP contribution is 2.36. The second-order valence-corrected chi connectivity index (χ2v) is 12.2. The van der Waals surface area contributed by atoms with Crippen LogP contribution in [0.4, 0.5) is 0 Å². The smallest absolute Gasteiger partial charge is 0.337 e. The number of aliphatic hydroxyl groups excluding tert-OH is 2. The summed E-state index contributed by atoms with van der Waals surface area (Å²) in [5, 5.41) is 21.4. The van der Waals surface area contributed by atoms with Gasteiger partial charge in [-0.05, 0) is 11.1 Å². The minimum Gasteiger partial charge on any atom is -0.467 e. The fraction of sp³-hybridized carbons (Fsp3) is 0.567. The Hall–Kier alpha value is -2.54. The molecule has 0 bridgehead atoms. The molecule has 2 fully saturated rings. The van der Waals surface area contributed by atoms with Gasteiger partial charge in [-0.2, -0.15) is 8.42 Å². The Labute approximate surface area is 261 Å². The maximum Gasteiger partial charge on any atom is 0.337 e. The van der Waals surface area contributed by atoms with Gasteiger partial charge in [0.25, 0.3) is 10.1 Å². The minimum absolute atomic E-state index is 0.00667. The molecule has 2 aliphatic rings. The van der Waals surface area contributed by atoms with Crippen LogP contribution in [0.5, 0.6) is 0 Å². The zero-order valence-electron chi connectivity index (χ0n) is 25.1. The van der Waals surface area contributed by atoms with Crippen LogP contribution in [0, 0.1) is 5.92 Å². The maximum atomic E-state index is 12.4. The molecule has 10 atom stereocenters. The molecule has 4 rings (SSSR count). The number of hydrogen-bond acceptors (Lipinski definition) is 13. The molecule has 2 aliphatic heterocycles. The van der Waals surface area contributed by atoms with Crippen LogP contribution in [0.3, 0.4) is 0 Å². The van der Waals surface area contributed by atoms with Crippen LogP contribution in [0.15, 0.2) is 60.7 Å². The molecule has 0 spiro atoms. The van der Waals surface area contributed by atoms with E-state index in [1.54, 1.807) is 0 Å². The maximum absolute atomic E-state index is 12.4. The molecule has 15 heteroatoms. The predicted octanol–water partition coefficient (Wildman–Crippen LogP) is 0.684. The average molecular weight is 657 g/mol. The number of aliphatic hydroxyl groups is 2. The monoisotopic (exact) mass is 656 g/mol. The summed E-state index contributed by atoms with van der Waals surface area (Å²) in [5.41, 5.74) is 1.63. The number of hydrogen-bond donors (Lipinski definition) is 3. The van der Waals surface area contributed by atoms with Gasteiger partial charge < -0.3 is 48.1 Å². The third-order valence-electron chi connectivity index (χ3n) is 7.63. The fourth-order valence-corrected chi connectivity index (χ4v) is 6.26. The highest BCUT2D eigenvalue weighted by molar-refractivity contribution is 7.85. The van der Waals surface area contributed by atoms with Crippen molar-refractivity contribution in [1.82, 2.24) is 0 Å². The van der Waals surface area contributed by atoms with Crippen molar-refractivity contribution in [2.45, 2.75) is 68.5 Å². The average Bonchev–Trinajstić information content (AvgIpc) is 3.03. The summed E-state index contributed by atoms with van der Waals surface area (Å²) >= 11 is 0. The largest absolute Gasteiger partial charge is 0.467 e. The first kappa shape index (κ1) is 35.3. The minimum atomic E-state index is -4.58. The SMILES string of the molecule is COC(=O)[C@@H]1O[C@@H](O[C@H]2[C@H](OCc3ccccc3)[C@@H](CS(=O)(=O)O)[C@H](OC)O[C@@H]2COCc2ccccc2)[C@H](OC)[C@@H](O)[C@@H]1O. The molecular weight excluding hydrogens is 616 g/mol. The third-order valence-corrected chi connectivity index (χ3v) is 8.43. The van der Waals surface area contributed by atoms with E-state index >= 15 is 0 Å². The van der Waals surface area contributed by atoms with E-state index in [2.05, 4.69) is 0 Å². The van der Waals surface area contributed by atoms with Gasteiger partial charge in [0.2, 0.25) is 0 Å². The topological polar surface area (TPSA) is 186 Å². The fourth-order valence-electron chi connectivity index (χ4n) is 5.42.